The summed E-state index contributed by atoms with van der Waals surface area (Å²) in [6.07, 6.45) is 0.112. The van der Waals surface area contributed by atoms with Crippen LogP contribution in [0.1, 0.15) is 54.9 Å². The third kappa shape index (κ3) is 2.18. The Kier molecular flexibility index (Phi) is 3.55. The van der Waals surface area contributed by atoms with E-state index in [2.05, 4.69) is 0 Å². The first-order valence-corrected chi connectivity index (χ1v) is 7.52. The summed E-state index contributed by atoms with van der Waals surface area (Å²) in [5.74, 6) is -1.83. The van der Waals surface area contributed by atoms with E-state index in [-0.39, 0.29) is 12.2 Å². The van der Waals surface area contributed by atoms with Gasteiger partial charge in [-0.1, -0.05) is 0 Å². The van der Waals surface area contributed by atoms with E-state index in [1.807, 2.05) is 0 Å². The van der Waals surface area contributed by atoms with Gasteiger partial charge in [0.05, 0.1) is 0 Å². The molecule has 0 aromatic rings. The number of rotatable bonds is 1. The zero-order chi connectivity index (χ0) is 17.1. The molecule has 1 aliphatic heterocycles. The van der Waals surface area contributed by atoms with Gasteiger partial charge in [-0.15, -0.1) is 0 Å². The highest BCUT2D eigenvalue weighted by atomic mass is 16.6. The first-order valence-electron chi connectivity index (χ1n) is 7.52. The average Bonchev–Trinajstić information content (AvgIpc) is 2.57. The molecule has 0 bridgehead atoms. The van der Waals surface area contributed by atoms with Crippen LogP contribution in [0.15, 0.2) is 11.1 Å². The van der Waals surface area contributed by atoms with Crippen LogP contribution in [-0.4, -0.2) is 28.9 Å². The highest BCUT2D eigenvalue weighted by Gasteiger charge is 2.67. The second-order valence-electron chi connectivity index (χ2n) is 7.63. The second-order valence-corrected chi connectivity index (χ2v) is 7.63. The number of ketones is 1. The highest BCUT2D eigenvalue weighted by molar-refractivity contribution is 6.05. The number of fused-ring (bicyclic) bond motifs is 1. The summed E-state index contributed by atoms with van der Waals surface area (Å²) in [4.78, 5) is 37.3. The normalized spacial score (nSPS) is 35.3. The van der Waals surface area contributed by atoms with Crippen molar-refractivity contribution < 1.29 is 23.9 Å². The zero-order valence-corrected chi connectivity index (χ0v) is 14.3. The van der Waals surface area contributed by atoms with Crippen molar-refractivity contribution in [2.24, 2.45) is 11.3 Å². The second kappa shape index (κ2) is 4.67. The Labute approximate surface area is 131 Å². The van der Waals surface area contributed by atoms with Crippen molar-refractivity contribution in [1.82, 2.24) is 0 Å². The lowest BCUT2D eigenvalue weighted by atomic mass is 9.63. The first-order chi connectivity index (χ1) is 9.84. The van der Waals surface area contributed by atoms with Crippen LogP contribution in [0, 0.1) is 11.3 Å². The van der Waals surface area contributed by atoms with Gasteiger partial charge in [-0.05, 0) is 59.6 Å². The van der Waals surface area contributed by atoms with Gasteiger partial charge >= 0.3 is 11.9 Å². The summed E-state index contributed by atoms with van der Waals surface area (Å²) in [5.41, 5.74) is -1.77. The van der Waals surface area contributed by atoms with E-state index in [1.54, 1.807) is 41.5 Å². The Hall–Kier alpha value is -1.65. The molecule has 0 aromatic heterocycles. The van der Waals surface area contributed by atoms with Gasteiger partial charge in [-0.25, -0.2) is 0 Å². The zero-order valence-electron chi connectivity index (χ0n) is 14.3. The standard InChI is InChI=1S/C17H24O5/c1-9-10(2)17(7)12(8-11(9)18)16(6,14(20)22-17)13(19)21-15(3,4)5/h12H,8H2,1-7H3/t12-,16?,17-/m1/s1. The topological polar surface area (TPSA) is 69.7 Å². The third-order valence-electron chi connectivity index (χ3n) is 5.03. The molecule has 0 spiro atoms. The molecule has 122 valence electrons. The van der Waals surface area contributed by atoms with Crippen molar-refractivity contribution in [2.75, 3.05) is 0 Å². The maximum absolute atomic E-state index is 12.6. The van der Waals surface area contributed by atoms with Gasteiger partial charge in [0.1, 0.15) is 11.2 Å². The predicted octanol–water partition coefficient (Wildman–Crippen LogP) is 2.58. The molecule has 0 aromatic carbocycles. The van der Waals surface area contributed by atoms with E-state index in [0.29, 0.717) is 5.57 Å². The minimum absolute atomic E-state index is 0.0481. The molecule has 2 aliphatic rings. The highest BCUT2D eigenvalue weighted by Crippen LogP contribution is 2.54. The van der Waals surface area contributed by atoms with Crippen molar-refractivity contribution in [1.29, 1.82) is 0 Å². The fraction of sp³-hybridized carbons (Fsp3) is 0.706. The van der Waals surface area contributed by atoms with Crippen molar-refractivity contribution >= 4 is 17.7 Å². The lowest BCUT2D eigenvalue weighted by Crippen LogP contribution is -2.49. The number of hydrogen-bond donors (Lipinski definition) is 0. The van der Waals surface area contributed by atoms with Gasteiger partial charge in [-0.2, -0.15) is 0 Å². The van der Waals surface area contributed by atoms with E-state index in [9.17, 15) is 14.4 Å². The predicted molar refractivity (Wildman–Crippen MR) is 79.9 cm³/mol. The lowest BCUT2D eigenvalue weighted by Gasteiger charge is -2.39. The van der Waals surface area contributed by atoms with Crippen molar-refractivity contribution in [3.8, 4) is 0 Å². The van der Waals surface area contributed by atoms with Gasteiger partial charge in [0.2, 0.25) is 0 Å². The molecule has 1 heterocycles. The molecule has 3 atom stereocenters. The molecule has 0 radical (unpaired) electrons. The minimum Gasteiger partial charge on any atom is -0.459 e. The maximum Gasteiger partial charge on any atom is 0.324 e. The number of carbonyl (C=O) groups is 3. The molecule has 1 aliphatic carbocycles. The SMILES string of the molecule is CC1=C(C)[C@@]2(C)OC(=O)C(C)(C(=O)OC(C)(C)C)[C@H]2CC1=O. The van der Waals surface area contributed by atoms with Gasteiger partial charge < -0.3 is 9.47 Å². The van der Waals surface area contributed by atoms with Crippen LogP contribution in [0.4, 0.5) is 0 Å². The van der Waals surface area contributed by atoms with Crippen LogP contribution in [-0.2, 0) is 23.9 Å². The molecule has 0 amide bonds. The van der Waals surface area contributed by atoms with E-state index in [0.717, 1.165) is 5.57 Å². The maximum atomic E-state index is 12.6. The van der Waals surface area contributed by atoms with Crippen LogP contribution in [0.25, 0.3) is 0 Å². The molecule has 1 unspecified atom stereocenters. The first kappa shape index (κ1) is 16.7. The summed E-state index contributed by atoms with van der Waals surface area (Å²) in [5, 5.41) is 0. The molecule has 1 fully saturated rings. The molecule has 5 nitrogen and oxygen atoms in total. The van der Waals surface area contributed by atoms with Crippen molar-refractivity contribution in [2.45, 2.75) is 66.1 Å². The number of ether oxygens (including phenoxy) is 2. The molecule has 0 saturated carbocycles. The van der Waals surface area contributed by atoms with E-state index >= 15 is 0 Å². The summed E-state index contributed by atoms with van der Waals surface area (Å²) in [6, 6.07) is 0. The van der Waals surface area contributed by atoms with Gasteiger partial charge in [0.15, 0.2) is 11.2 Å². The number of allylic oxidation sites excluding steroid dienone is 1. The smallest absolute Gasteiger partial charge is 0.324 e. The fourth-order valence-corrected chi connectivity index (χ4v) is 3.33. The Bertz CT molecular complexity index is 595. The summed E-state index contributed by atoms with van der Waals surface area (Å²) in [6.45, 7) is 12.1. The Balaban J connectivity index is 2.50. The van der Waals surface area contributed by atoms with Gasteiger partial charge in [0, 0.05) is 12.3 Å². The van der Waals surface area contributed by atoms with Crippen LogP contribution >= 0.6 is 0 Å². The van der Waals surface area contributed by atoms with Crippen LogP contribution in [0.5, 0.6) is 0 Å². The molecular formula is C17H24O5. The van der Waals surface area contributed by atoms with E-state index < -0.39 is 34.5 Å². The Morgan fingerprint density at radius 3 is 2.27 bits per heavy atom. The lowest BCUT2D eigenvalue weighted by molar-refractivity contribution is -0.173. The van der Waals surface area contributed by atoms with Gasteiger partial charge in [0.25, 0.3) is 0 Å². The largest absolute Gasteiger partial charge is 0.459 e. The average molecular weight is 308 g/mol. The van der Waals surface area contributed by atoms with Crippen LogP contribution in [0.2, 0.25) is 0 Å². The number of Topliss-reactive ketones (excluding diaryl/α,β-unsaturated/α-hetero) is 1. The van der Waals surface area contributed by atoms with Crippen molar-refractivity contribution in [3.05, 3.63) is 11.1 Å². The molecule has 2 rings (SSSR count). The molecular weight excluding hydrogens is 284 g/mol. The van der Waals surface area contributed by atoms with Crippen molar-refractivity contribution in [3.63, 3.8) is 0 Å². The third-order valence-corrected chi connectivity index (χ3v) is 5.03. The summed E-state index contributed by atoms with van der Waals surface area (Å²) >= 11 is 0. The summed E-state index contributed by atoms with van der Waals surface area (Å²) < 4.78 is 11.0. The molecule has 0 N–H and O–H groups in total. The van der Waals surface area contributed by atoms with E-state index in [1.165, 1.54) is 6.92 Å². The fourth-order valence-electron chi connectivity index (χ4n) is 3.33. The van der Waals surface area contributed by atoms with E-state index in [4.69, 9.17) is 9.47 Å². The quantitative estimate of drug-likeness (QED) is 0.550. The minimum atomic E-state index is -1.46. The number of carbonyl (C=O) groups excluding carboxylic acids is 3. The molecule has 22 heavy (non-hydrogen) atoms. The van der Waals surface area contributed by atoms with Crippen LogP contribution in [0.3, 0.4) is 0 Å². The van der Waals surface area contributed by atoms with Gasteiger partial charge in [-0.3, -0.25) is 14.4 Å². The summed E-state index contributed by atoms with van der Waals surface area (Å²) in [7, 11) is 0. The van der Waals surface area contributed by atoms with Crippen LogP contribution < -0.4 is 0 Å². The Morgan fingerprint density at radius 1 is 1.23 bits per heavy atom. The number of esters is 2. The number of hydrogen-bond acceptors (Lipinski definition) is 5. The Morgan fingerprint density at radius 2 is 1.77 bits per heavy atom. The molecule has 5 heteroatoms. The molecule has 1 saturated heterocycles. The monoisotopic (exact) mass is 308 g/mol.